The zero-order valence-corrected chi connectivity index (χ0v) is 15.6. The van der Waals surface area contributed by atoms with E-state index in [0.717, 1.165) is 10.5 Å². The van der Waals surface area contributed by atoms with Crippen molar-refractivity contribution in [2.75, 3.05) is 0 Å². The number of rotatable bonds is 6. The van der Waals surface area contributed by atoms with E-state index in [0.29, 0.717) is 17.4 Å². The van der Waals surface area contributed by atoms with Gasteiger partial charge in [0.25, 0.3) is 5.91 Å². The van der Waals surface area contributed by atoms with Gasteiger partial charge >= 0.3 is 0 Å². The summed E-state index contributed by atoms with van der Waals surface area (Å²) in [7, 11) is 0. The number of furan rings is 1. The largest absolute Gasteiger partial charge is 0.450 e. The Bertz CT molecular complexity index is 983. The molecule has 5 heteroatoms. The maximum absolute atomic E-state index is 12.2. The molecular weight excluding hydrogens is 356 g/mol. The summed E-state index contributed by atoms with van der Waals surface area (Å²) in [5.74, 6) is 0.0431. The molecule has 0 fully saturated rings. The molecule has 1 aromatic heterocycles. The molecule has 0 aliphatic rings. The lowest BCUT2D eigenvalue weighted by atomic mass is 10.2. The first kappa shape index (κ1) is 18.6. The number of carbonyl (C=O) groups excluding carboxylic acids is 1. The van der Waals surface area contributed by atoms with E-state index >= 15 is 0 Å². The van der Waals surface area contributed by atoms with E-state index in [1.54, 1.807) is 6.07 Å². The molecule has 3 aromatic rings. The van der Waals surface area contributed by atoms with Gasteiger partial charge in [0.15, 0.2) is 5.09 Å². The van der Waals surface area contributed by atoms with Gasteiger partial charge in [0, 0.05) is 17.5 Å². The second-order valence-corrected chi connectivity index (χ2v) is 6.99. The average molecular weight is 374 g/mol. The third-order valence-corrected chi connectivity index (χ3v) is 4.72. The van der Waals surface area contributed by atoms with E-state index < -0.39 is 5.91 Å². The number of nitriles is 1. The van der Waals surface area contributed by atoms with Gasteiger partial charge in [0.05, 0.1) is 0 Å². The van der Waals surface area contributed by atoms with Gasteiger partial charge < -0.3 is 9.73 Å². The van der Waals surface area contributed by atoms with Crippen LogP contribution in [0.5, 0.6) is 0 Å². The number of hydrogen-bond acceptors (Lipinski definition) is 4. The Labute approximate surface area is 162 Å². The number of aryl methyl sites for hydroxylation is 1. The Morgan fingerprint density at radius 3 is 2.56 bits per heavy atom. The Morgan fingerprint density at radius 2 is 1.85 bits per heavy atom. The normalized spacial score (nSPS) is 11.0. The molecule has 27 heavy (non-hydrogen) atoms. The molecule has 0 aliphatic carbocycles. The molecule has 1 amide bonds. The minimum absolute atomic E-state index is 0.00664. The van der Waals surface area contributed by atoms with E-state index in [-0.39, 0.29) is 5.57 Å². The Morgan fingerprint density at radius 1 is 1.11 bits per heavy atom. The van der Waals surface area contributed by atoms with Crippen molar-refractivity contribution >= 4 is 23.7 Å². The molecule has 0 spiro atoms. The molecule has 0 aliphatic heterocycles. The molecule has 134 valence electrons. The number of nitrogens with one attached hydrogen (secondary N) is 1. The monoisotopic (exact) mass is 374 g/mol. The summed E-state index contributed by atoms with van der Waals surface area (Å²) in [6, 6.07) is 23.2. The highest BCUT2D eigenvalue weighted by Gasteiger charge is 2.11. The lowest BCUT2D eigenvalue weighted by Crippen LogP contribution is -2.23. The molecule has 0 bridgehead atoms. The van der Waals surface area contributed by atoms with Crippen molar-refractivity contribution in [3.8, 4) is 6.07 Å². The first-order valence-electron chi connectivity index (χ1n) is 8.42. The van der Waals surface area contributed by atoms with Gasteiger partial charge in [-0.25, -0.2) is 0 Å². The minimum Gasteiger partial charge on any atom is -0.450 e. The van der Waals surface area contributed by atoms with Crippen molar-refractivity contribution in [3.05, 3.63) is 89.2 Å². The van der Waals surface area contributed by atoms with E-state index in [1.165, 1.54) is 23.4 Å². The first-order valence-corrected chi connectivity index (χ1v) is 9.24. The second-order valence-electron chi connectivity index (χ2n) is 5.91. The van der Waals surface area contributed by atoms with Gasteiger partial charge in [-0.3, -0.25) is 4.79 Å². The van der Waals surface area contributed by atoms with E-state index in [1.807, 2.05) is 73.7 Å². The molecule has 2 aromatic carbocycles. The fourth-order valence-corrected chi connectivity index (χ4v) is 3.13. The number of hydrogen-bond donors (Lipinski definition) is 1. The van der Waals surface area contributed by atoms with Crippen LogP contribution in [0.25, 0.3) is 6.08 Å². The fourth-order valence-electron chi connectivity index (χ4n) is 2.35. The number of carbonyl (C=O) groups is 1. The third-order valence-electron chi connectivity index (χ3n) is 3.79. The van der Waals surface area contributed by atoms with Gasteiger partial charge in [-0.15, -0.1) is 0 Å². The third kappa shape index (κ3) is 5.37. The molecule has 0 radical (unpaired) electrons. The number of amides is 1. The lowest BCUT2D eigenvalue weighted by Gasteiger charge is -2.03. The molecular formula is C22H18N2O2S. The predicted molar refractivity (Wildman–Crippen MR) is 106 cm³/mol. The van der Waals surface area contributed by atoms with Crippen molar-refractivity contribution in [2.24, 2.45) is 0 Å². The molecule has 3 rings (SSSR count). The molecule has 0 saturated heterocycles. The van der Waals surface area contributed by atoms with Gasteiger partial charge in [-0.2, -0.15) is 5.26 Å². The van der Waals surface area contributed by atoms with Gasteiger partial charge in [-0.05, 0) is 36.8 Å². The highest BCUT2D eigenvalue weighted by atomic mass is 32.2. The summed E-state index contributed by atoms with van der Waals surface area (Å²) in [5.41, 5.74) is 2.17. The van der Waals surface area contributed by atoms with Crippen LogP contribution >= 0.6 is 11.8 Å². The zero-order chi connectivity index (χ0) is 19.1. The van der Waals surface area contributed by atoms with E-state index in [2.05, 4.69) is 5.32 Å². The quantitative estimate of drug-likeness (QED) is 0.489. The Balaban J connectivity index is 1.65. The fraction of sp³-hybridized carbons (Fsp3) is 0.0909. The Kier molecular flexibility index (Phi) is 6.14. The summed E-state index contributed by atoms with van der Waals surface area (Å²) in [6.45, 7) is 2.40. The zero-order valence-electron chi connectivity index (χ0n) is 14.8. The van der Waals surface area contributed by atoms with E-state index in [9.17, 15) is 10.1 Å². The van der Waals surface area contributed by atoms with Crippen LogP contribution in [-0.4, -0.2) is 5.91 Å². The number of benzene rings is 2. The van der Waals surface area contributed by atoms with Crippen LogP contribution < -0.4 is 5.32 Å². The van der Waals surface area contributed by atoms with Crippen molar-refractivity contribution in [1.29, 1.82) is 5.26 Å². The smallest absolute Gasteiger partial charge is 0.262 e. The van der Waals surface area contributed by atoms with Crippen molar-refractivity contribution < 1.29 is 9.21 Å². The van der Waals surface area contributed by atoms with Crippen molar-refractivity contribution in [2.45, 2.75) is 23.5 Å². The highest BCUT2D eigenvalue weighted by Crippen LogP contribution is 2.30. The Hall–Kier alpha value is -3.23. The standard InChI is InChI=1S/C22H18N2O2S/c1-16-7-10-20(11-8-16)27-21-12-9-19(26-21)13-18(14-23)22(25)24-15-17-5-3-2-4-6-17/h2-13H,15H2,1H3,(H,24,25)/b18-13+. The topological polar surface area (TPSA) is 66.0 Å². The van der Waals surface area contributed by atoms with E-state index in [4.69, 9.17) is 4.42 Å². The molecule has 0 atom stereocenters. The molecule has 0 saturated carbocycles. The maximum Gasteiger partial charge on any atom is 0.262 e. The molecule has 0 unspecified atom stereocenters. The van der Waals surface area contributed by atoms with Crippen LogP contribution in [0.3, 0.4) is 0 Å². The summed E-state index contributed by atoms with van der Waals surface area (Å²) in [5, 5.41) is 12.7. The van der Waals surface area contributed by atoms with Crippen LogP contribution in [0, 0.1) is 18.3 Å². The summed E-state index contributed by atoms with van der Waals surface area (Å²) in [4.78, 5) is 13.3. The van der Waals surface area contributed by atoms with Gasteiger partial charge in [0.1, 0.15) is 17.4 Å². The average Bonchev–Trinajstić information content (AvgIpc) is 3.14. The van der Waals surface area contributed by atoms with Crippen molar-refractivity contribution in [3.63, 3.8) is 0 Å². The lowest BCUT2D eigenvalue weighted by molar-refractivity contribution is -0.117. The molecule has 1 N–H and O–H groups in total. The summed E-state index contributed by atoms with van der Waals surface area (Å²) in [6.07, 6.45) is 1.46. The minimum atomic E-state index is -0.425. The first-order chi connectivity index (χ1) is 13.1. The second kappa shape index (κ2) is 8.93. The van der Waals surface area contributed by atoms with Gasteiger partial charge in [-0.1, -0.05) is 59.8 Å². The molecule has 4 nitrogen and oxygen atoms in total. The number of nitrogens with zero attached hydrogens (tertiary/aromatic N) is 1. The van der Waals surface area contributed by atoms with Crippen LogP contribution in [-0.2, 0) is 11.3 Å². The highest BCUT2D eigenvalue weighted by molar-refractivity contribution is 7.99. The van der Waals surface area contributed by atoms with Gasteiger partial charge in [0.2, 0.25) is 0 Å². The summed E-state index contributed by atoms with van der Waals surface area (Å²) >= 11 is 1.49. The molecule has 1 heterocycles. The maximum atomic E-state index is 12.2. The predicted octanol–water partition coefficient (Wildman–Crippen LogP) is 4.96. The van der Waals surface area contributed by atoms with Crippen LogP contribution in [0.4, 0.5) is 0 Å². The summed E-state index contributed by atoms with van der Waals surface area (Å²) < 4.78 is 5.72. The van der Waals surface area contributed by atoms with Crippen molar-refractivity contribution in [1.82, 2.24) is 5.32 Å². The van der Waals surface area contributed by atoms with Crippen LogP contribution in [0.15, 0.2) is 86.7 Å². The van der Waals surface area contributed by atoms with Crippen LogP contribution in [0.1, 0.15) is 16.9 Å². The van der Waals surface area contributed by atoms with Crippen LogP contribution in [0.2, 0.25) is 0 Å². The SMILES string of the molecule is Cc1ccc(Sc2ccc(/C=C(\C#N)C(=O)NCc3ccccc3)o2)cc1.